The number of phenolic OH excluding ortho intramolecular Hbond substituents is 1. The number of phenols is 1. The Kier molecular flexibility index (Phi) is 7.04. The summed E-state index contributed by atoms with van der Waals surface area (Å²) < 4.78 is 38.2. The van der Waals surface area contributed by atoms with Crippen molar-refractivity contribution in [2.75, 3.05) is 6.26 Å². The minimum atomic E-state index is -3.60. The van der Waals surface area contributed by atoms with Gasteiger partial charge in [0.2, 0.25) is 0 Å². The maximum atomic E-state index is 11.3. The van der Waals surface area contributed by atoms with Gasteiger partial charge in [0, 0.05) is 11.6 Å². The normalized spacial score (nSPS) is 12.3. The van der Waals surface area contributed by atoms with Gasteiger partial charge in [-0.1, -0.05) is 12.1 Å². The van der Waals surface area contributed by atoms with E-state index in [0.717, 1.165) is 6.26 Å². The maximum Gasteiger partial charge on any atom is 0.306 e. The molecule has 170 valence electrons. The third-order valence-electron chi connectivity index (χ3n) is 4.70. The highest BCUT2D eigenvalue weighted by Crippen LogP contribution is 2.28. The fourth-order valence-corrected chi connectivity index (χ4v) is 3.48. The highest BCUT2D eigenvalue weighted by molar-refractivity contribution is 7.86. The largest absolute Gasteiger partial charge is 0.508 e. The number of carboxylic acid groups (broad SMARTS) is 1. The molecule has 10 heteroatoms. The Morgan fingerprint density at radius 1 is 1.12 bits per heavy atom. The predicted octanol–water partition coefficient (Wildman–Crippen LogP) is 3.62. The number of hydrogen-bond donors (Lipinski definition) is 2. The molecule has 0 bridgehead atoms. The number of carbonyl (C=O) groups is 1. The van der Waals surface area contributed by atoms with Gasteiger partial charge < -0.3 is 23.7 Å². The Hall–Kier alpha value is -3.53. The van der Waals surface area contributed by atoms with Crippen LogP contribution in [0.2, 0.25) is 0 Å². The molecule has 0 aliphatic heterocycles. The first-order valence-electron chi connectivity index (χ1n) is 9.77. The monoisotopic (exact) mass is 461 g/mol. The van der Waals surface area contributed by atoms with E-state index in [0.29, 0.717) is 34.8 Å². The third kappa shape index (κ3) is 6.24. The topological polar surface area (TPSA) is 136 Å². The van der Waals surface area contributed by atoms with E-state index in [1.54, 1.807) is 37.3 Å². The van der Waals surface area contributed by atoms with Crippen LogP contribution in [-0.2, 0) is 27.9 Å². The van der Waals surface area contributed by atoms with Crippen molar-refractivity contribution >= 4 is 16.1 Å². The first-order chi connectivity index (χ1) is 15.1. The molecule has 0 amide bonds. The van der Waals surface area contributed by atoms with Gasteiger partial charge in [0.25, 0.3) is 0 Å². The van der Waals surface area contributed by atoms with E-state index in [1.165, 1.54) is 18.2 Å². The van der Waals surface area contributed by atoms with Crippen molar-refractivity contribution in [3.05, 3.63) is 59.9 Å². The summed E-state index contributed by atoms with van der Waals surface area (Å²) in [5, 5.41) is 23.3. The van der Waals surface area contributed by atoms with Crippen molar-refractivity contribution in [3.8, 4) is 28.5 Å². The third-order valence-corrected chi connectivity index (χ3v) is 5.19. The van der Waals surface area contributed by atoms with Crippen molar-refractivity contribution in [1.82, 2.24) is 5.16 Å². The zero-order valence-electron chi connectivity index (χ0n) is 17.5. The Bertz CT molecular complexity index is 1180. The summed E-state index contributed by atoms with van der Waals surface area (Å²) in [4.78, 5) is 11.3. The molecular formula is C22H23NO8S. The van der Waals surface area contributed by atoms with Gasteiger partial charge in [0.05, 0.1) is 12.2 Å². The molecule has 1 aromatic heterocycles. The molecule has 0 saturated heterocycles. The van der Waals surface area contributed by atoms with Crippen LogP contribution in [0.4, 0.5) is 0 Å². The summed E-state index contributed by atoms with van der Waals surface area (Å²) in [5.74, 6) is -0.395. The van der Waals surface area contributed by atoms with Gasteiger partial charge in [0.1, 0.15) is 29.5 Å². The van der Waals surface area contributed by atoms with Crippen molar-refractivity contribution in [1.29, 1.82) is 0 Å². The van der Waals surface area contributed by atoms with Gasteiger partial charge in [-0.15, -0.1) is 0 Å². The quantitative estimate of drug-likeness (QED) is 0.434. The predicted molar refractivity (Wildman–Crippen MR) is 115 cm³/mol. The molecule has 32 heavy (non-hydrogen) atoms. The van der Waals surface area contributed by atoms with E-state index in [2.05, 4.69) is 5.16 Å². The summed E-state index contributed by atoms with van der Waals surface area (Å²) in [5.41, 5.74) is 1.73. The second-order valence-corrected chi connectivity index (χ2v) is 8.79. The number of carboxylic acids is 1. The lowest BCUT2D eigenvalue weighted by molar-refractivity contribution is -0.141. The van der Waals surface area contributed by atoms with Crippen LogP contribution in [0.25, 0.3) is 11.3 Å². The Balaban J connectivity index is 1.65. The van der Waals surface area contributed by atoms with Gasteiger partial charge in [0.15, 0.2) is 5.76 Å². The summed E-state index contributed by atoms with van der Waals surface area (Å²) in [6.45, 7) is 1.85. The van der Waals surface area contributed by atoms with Crippen LogP contribution in [0.3, 0.4) is 0 Å². The number of ether oxygens (including phenoxy) is 1. The molecule has 0 aliphatic rings. The molecule has 0 saturated carbocycles. The van der Waals surface area contributed by atoms with E-state index in [4.69, 9.17) is 13.4 Å². The smallest absolute Gasteiger partial charge is 0.306 e. The van der Waals surface area contributed by atoms with Gasteiger partial charge in [-0.2, -0.15) is 8.42 Å². The van der Waals surface area contributed by atoms with E-state index in [9.17, 15) is 23.4 Å². The number of rotatable bonds is 10. The number of aromatic nitrogens is 1. The van der Waals surface area contributed by atoms with Crippen LogP contribution in [0, 0.1) is 5.92 Å². The Morgan fingerprint density at radius 2 is 1.81 bits per heavy atom. The lowest BCUT2D eigenvalue weighted by Gasteiger charge is -2.12. The fraction of sp³-hybridized carbons (Fsp3) is 0.273. The van der Waals surface area contributed by atoms with Crippen LogP contribution >= 0.6 is 0 Å². The molecule has 0 fully saturated rings. The van der Waals surface area contributed by atoms with E-state index < -0.39 is 22.0 Å². The van der Waals surface area contributed by atoms with Gasteiger partial charge >= 0.3 is 16.1 Å². The summed E-state index contributed by atoms with van der Waals surface area (Å²) in [7, 11) is -3.60. The van der Waals surface area contributed by atoms with E-state index in [-0.39, 0.29) is 24.5 Å². The highest BCUT2D eigenvalue weighted by atomic mass is 32.2. The Morgan fingerprint density at radius 3 is 2.44 bits per heavy atom. The second kappa shape index (κ2) is 9.73. The van der Waals surface area contributed by atoms with Crippen molar-refractivity contribution in [3.63, 3.8) is 0 Å². The van der Waals surface area contributed by atoms with Crippen LogP contribution < -0.4 is 8.92 Å². The van der Waals surface area contributed by atoms with E-state index in [1.807, 2.05) is 0 Å². The Labute approximate surface area is 185 Å². The minimum Gasteiger partial charge on any atom is -0.508 e. The lowest BCUT2D eigenvalue weighted by atomic mass is 9.96. The molecule has 2 N–H and O–H groups in total. The van der Waals surface area contributed by atoms with Gasteiger partial charge in [-0.25, -0.2) is 0 Å². The molecular weight excluding hydrogens is 438 g/mol. The van der Waals surface area contributed by atoms with Crippen LogP contribution in [-0.4, -0.2) is 36.0 Å². The molecule has 1 atom stereocenters. The molecule has 0 aliphatic carbocycles. The first-order valence-corrected chi connectivity index (χ1v) is 11.6. The zero-order valence-corrected chi connectivity index (χ0v) is 18.3. The average molecular weight is 461 g/mol. The fourth-order valence-electron chi connectivity index (χ4n) is 3.01. The summed E-state index contributed by atoms with van der Waals surface area (Å²) >= 11 is 0. The average Bonchev–Trinajstić information content (AvgIpc) is 3.20. The van der Waals surface area contributed by atoms with Gasteiger partial charge in [-0.3, -0.25) is 4.79 Å². The summed E-state index contributed by atoms with van der Waals surface area (Å²) in [6, 6.07) is 12.7. The van der Waals surface area contributed by atoms with Crippen molar-refractivity contribution in [2.45, 2.75) is 26.4 Å². The summed E-state index contributed by atoms with van der Waals surface area (Å²) in [6.07, 6.45) is 1.61. The molecule has 2 aromatic carbocycles. The number of benzene rings is 2. The second-order valence-electron chi connectivity index (χ2n) is 7.22. The number of nitrogens with zero attached hydrogens (tertiary/aromatic N) is 1. The standard InChI is InChI=1S/C22H23NO8S/c1-3-14(22(25)26)10-16-11-18(8-9-21(16)24)29-13-19-12-20(23-30-19)15-4-6-17(7-5-15)31-32(2,27)28/h4-9,11-12,14,24H,3,10,13H2,1-2H3,(H,25,26). The van der Waals surface area contributed by atoms with Crippen LogP contribution in [0.1, 0.15) is 24.7 Å². The van der Waals surface area contributed by atoms with Crippen molar-refractivity contribution in [2.24, 2.45) is 5.92 Å². The number of aliphatic carboxylic acids is 1. The number of hydrogen-bond acceptors (Lipinski definition) is 8. The molecule has 1 unspecified atom stereocenters. The SMILES string of the molecule is CCC(Cc1cc(OCc2cc(-c3ccc(OS(C)(=O)=O)cc3)no2)ccc1O)C(=O)O. The molecule has 0 radical (unpaired) electrons. The lowest BCUT2D eigenvalue weighted by Crippen LogP contribution is -2.15. The van der Waals surface area contributed by atoms with E-state index >= 15 is 0 Å². The zero-order chi connectivity index (χ0) is 23.3. The molecule has 0 spiro atoms. The molecule has 1 heterocycles. The minimum absolute atomic E-state index is 0.0160. The highest BCUT2D eigenvalue weighted by Gasteiger charge is 2.18. The molecule has 3 aromatic rings. The van der Waals surface area contributed by atoms with Crippen LogP contribution in [0.5, 0.6) is 17.2 Å². The first kappa shape index (κ1) is 23.1. The molecule has 3 rings (SSSR count). The molecule has 9 nitrogen and oxygen atoms in total. The maximum absolute atomic E-state index is 11.3. The van der Waals surface area contributed by atoms with Gasteiger partial charge in [-0.05, 0) is 60.9 Å². The van der Waals surface area contributed by atoms with Crippen molar-refractivity contribution < 1.29 is 36.9 Å². The van der Waals surface area contributed by atoms with Crippen LogP contribution in [0.15, 0.2) is 53.1 Å². The number of aromatic hydroxyl groups is 1.